The standard InChI is InChI=1S/C23H23ClN2O5S/c1-3-15(23(28)29)16-5-4-12-26-20(16)19(21(27)13-6-8-14(24)9-7-13)18-17(32(2,30)31)10-11-25-22(18)26/h6-11,15-16H,3-5,12H2,1-2H3,(H,28,29). The predicted octanol–water partition coefficient (Wildman–Crippen LogP) is 4.31. The molecule has 1 aliphatic heterocycles. The summed E-state index contributed by atoms with van der Waals surface area (Å²) in [6.45, 7) is 2.34. The number of carboxylic acid groups (broad SMARTS) is 1. The van der Waals surface area contributed by atoms with Crippen LogP contribution in [-0.2, 0) is 21.2 Å². The second-order valence-corrected chi connectivity index (χ2v) is 10.6. The van der Waals surface area contributed by atoms with Gasteiger partial charge in [-0.1, -0.05) is 18.5 Å². The summed E-state index contributed by atoms with van der Waals surface area (Å²) in [5, 5.41) is 10.6. The number of halogens is 1. The van der Waals surface area contributed by atoms with Gasteiger partial charge in [0.25, 0.3) is 0 Å². The third kappa shape index (κ3) is 3.71. The molecule has 4 rings (SSSR count). The number of pyridine rings is 1. The molecule has 0 bridgehead atoms. The molecule has 3 heterocycles. The first-order valence-electron chi connectivity index (χ1n) is 10.4. The summed E-state index contributed by atoms with van der Waals surface area (Å²) in [5.41, 5.74) is 1.52. The summed E-state index contributed by atoms with van der Waals surface area (Å²) in [6, 6.07) is 7.76. The van der Waals surface area contributed by atoms with Crippen molar-refractivity contribution in [3.05, 3.63) is 58.4 Å². The zero-order valence-corrected chi connectivity index (χ0v) is 19.3. The molecular weight excluding hydrogens is 452 g/mol. The van der Waals surface area contributed by atoms with Crippen molar-refractivity contribution in [3.63, 3.8) is 0 Å². The van der Waals surface area contributed by atoms with Gasteiger partial charge in [-0.15, -0.1) is 0 Å². The molecule has 0 amide bonds. The van der Waals surface area contributed by atoms with E-state index < -0.39 is 27.6 Å². The largest absolute Gasteiger partial charge is 0.481 e. The van der Waals surface area contributed by atoms with Gasteiger partial charge in [-0.25, -0.2) is 13.4 Å². The average Bonchev–Trinajstić information content (AvgIpc) is 3.08. The number of sulfone groups is 1. The van der Waals surface area contributed by atoms with Gasteiger partial charge >= 0.3 is 5.97 Å². The number of fused-ring (bicyclic) bond motifs is 3. The topological polar surface area (TPSA) is 106 Å². The van der Waals surface area contributed by atoms with Gasteiger partial charge in [0.15, 0.2) is 15.6 Å². The van der Waals surface area contributed by atoms with Crippen LogP contribution in [-0.4, -0.2) is 41.1 Å². The second kappa shape index (κ2) is 8.33. The minimum absolute atomic E-state index is 0.0174. The first-order valence-corrected chi connectivity index (χ1v) is 12.7. The molecule has 9 heteroatoms. The van der Waals surface area contributed by atoms with Gasteiger partial charge in [-0.2, -0.15) is 0 Å². The Hall–Kier alpha value is -2.71. The van der Waals surface area contributed by atoms with Crippen LogP contribution >= 0.6 is 11.6 Å². The molecule has 0 spiro atoms. The van der Waals surface area contributed by atoms with Gasteiger partial charge in [0, 0.05) is 46.6 Å². The summed E-state index contributed by atoms with van der Waals surface area (Å²) >= 11 is 5.99. The normalized spacial score (nSPS) is 17.2. The smallest absolute Gasteiger partial charge is 0.307 e. The molecule has 32 heavy (non-hydrogen) atoms. The molecular formula is C23H23ClN2O5S. The number of aliphatic carboxylic acids is 1. The molecule has 1 aliphatic rings. The molecule has 7 nitrogen and oxygen atoms in total. The molecule has 2 atom stereocenters. The highest BCUT2D eigenvalue weighted by Crippen LogP contribution is 2.43. The lowest BCUT2D eigenvalue weighted by molar-refractivity contribution is -0.142. The average molecular weight is 475 g/mol. The Morgan fingerprint density at radius 2 is 1.94 bits per heavy atom. The van der Waals surface area contributed by atoms with Crippen molar-refractivity contribution >= 4 is 44.2 Å². The van der Waals surface area contributed by atoms with Crippen LogP contribution in [0, 0.1) is 5.92 Å². The Balaban J connectivity index is 2.11. The molecule has 1 N–H and O–H groups in total. The molecule has 3 aromatic rings. The van der Waals surface area contributed by atoms with Gasteiger partial charge in [-0.3, -0.25) is 9.59 Å². The zero-order valence-electron chi connectivity index (χ0n) is 17.7. The van der Waals surface area contributed by atoms with Crippen molar-refractivity contribution in [2.24, 2.45) is 5.92 Å². The van der Waals surface area contributed by atoms with Gasteiger partial charge in [-0.05, 0) is 49.6 Å². The predicted molar refractivity (Wildman–Crippen MR) is 121 cm³/mol. The van der Waals surface area contributed by atoms with Crippen LogP contribution in [0.1, 0.15) is 53.7 Å². The van der Waals surface area contributed by atoms with Crippen LogP contribution in [0.15, 0.2) is 41.4 Å². The van der Waals surface area contributed by atoms with E-state index in [1.165, 1.54) is 12.3 Å². The van der Waals surface area contributed by atoms with E-state index in [4.69, 9.17) is 11.6 Å². The van der Waals surface area contributed by atoms with Crippen LogP contribution in [0.25, 0.3) is 11.0 Å². The van der Waals surface area contributed by atoms with Crippen molar-refractivity contribution in [2.75, 3.05) is 6.26 Å². The molecule has 2 aromatic heterocycles. The first kappa shape index (κ1) is 22.5. The maximum Gasteiger partial charge on any atom is 0.307 e. The second-order valence-electron chi connectivity index (χ2n) is 8.13. The third-order valence-electron chi connectivity index (χ3n) is 6.17. The molecule has 0 saturated carbocycles. The van der Waals surface area contributed by atoms with Crippen LogP contribution in [0.2, 0.25) is 5.02 Å². The number of carboxylic acids is 1. The number of ketones is 1. The number of hydrogen-bond acceptors (Lipinski definition) is 5. The monoisotopic (exact) mass is 474 g/mol. The summed E-state index contributed by atoms with van der Waals surface area (Å²) in [5.74, 6) is -2.43. The SMILES string of the molecule is CCC(C(=O)O)C1CCCn2c1c(C(=O)c1ccc(Cl)cc1)c1c(S(C)(=O)=O)ccnc12. The van der Waals surface area contributed by atoms with E-state index >= 15 is 0 Å². The minimum Gasteiger partial charge on any atom is -0.481 e. The number of benzene rings is 1. The lowest BCUT2D eigenvalue weighted by atomic mass is 9.79. The van der Waals surface area contributed by atoms with Gasteiger partial charge in [0.05, 0.1) is 16.4 Å². The molecule has 0 aliphatic carbocycles. The zero-order chi connectivity index (χ0) is 23.2. The Morgan fingerprint density at radius 3 is 2.53 bits per heavy atom. The van der Waals surface area contributed by atoms with Gasteiger partial charge in [0.2, 0.25) is 0 Å². The van der Waals surface area contributed by atoms with E-state index in [2.05, 4.69) is 4.98 Å². The fourth-order valence-electron chi connectivity index (χ4n) is 4.78. The number of hydrogen-bond donors (Lipinski definition) is 1. The van der Waals surface area contributed by atoms with E-state index in [0.29, 0.717) is 47.7 Å². The minimum atomic E-state index is -3.68. The van der Waals surface area contributed by atoms with E-state index in [1.54, 1.807) is 31.2 Å². The Labute approximate surface area is 190 Å². The lowest BCUT2D eigenvalue weighted by Crippen LogP contribution is -2.28. The Kier molecular flexibility index (Phi) is 5.85. The number of nitrogens with zero attached hydrogens (tertiary/aromatic N) is 2. The highest BCUT2D eigenvalue weighted by atomic mass is 35.5. The fourth-order valence-corrected chi connectivity index (χ4v) is 5.77. The number of carbonyl (C=O) groups excluding carboxylic acids is 1. The maximum atomic E-state index is 13.8. The van der Waals surface area contributed by atoms with Crippen molar-refractivity contribution in [1.82, 2.24) is 9.55 Å². The van der Waals surface area contributed by atoms with Crippen LogP contribution < -0.4 is 0 Å². The highest BCUT2D eigenvalue weighted by molar-refractivity contribution is 7.91. The summed E-state index contributed by atoms with van der Waals surface area (Å²) in [7, 11) is -3.68. The number of carbonyl (C=O) groups is 2. The quantitative estimate of drug-likeness (QED) is 0.533. The summed E-state index contributed by atoms with van der Waals surface area (Å²) < 4.78 is 27.1. The van der Waals surface area contributed by atoms with E-state index in [-0.39, 0.29) is 21.6 Å². The third-order valence-corrected chi connectivity index (χ3v) is 7.56. The number of aromatic nitrogens is 2. The van der Waals surface area contributed by atoms with Crippen molar-refractivity contribution in [3.8, 4) is 0 Å². The van der Waals surface area contributed by atoms with Crippen LogP contribution in [0.3, 0.4) is 0 Å². The fraction of sp³-hybridized carbons (Fsp3) is 0.348. The Morgan fingerprint density at radius 1 is 1.25 bits per heavy atom. The van der Waals surface area contributed by atoms with E-state index in [0.717, 1.165) is 6.26 Å². The lowest BCUT2D eigenvalue weighted by Gasteiger charge is -2.30. The molecule has 1 aromatic carbocycles. The van der Waals surface area contributed by atoms with Gasteiger partial charge < -0.3 is 9.67 Å². The molecule has 0 saturated heterocycles. The van der Waals surface area contributed by atoms with E-state index in [1.807, 2.05) is 4.57 Å². The van der Waals surface area contributed by atoms with Crippen molar-refractivity contribution in [2.45, 2.75) is 43.5 Å². The van der Waals surface area contributed by atoms with Crippen molar-refractivity contribution in [1.29, 1.82) is 0 Å². The summed E-state index contributed by atoms with van der Waals surface area (Å²) in [4.78, 5) is 30.3. The van der Waals surface area contributed by atoms with Gasteiger partial charge in [0.1, 0.15) is 5.65 Å². The Bertz CT molecular complexity index is 1330. The molecule has 168 valence electrons. The molecule has 2 unspecified atom stereocenters. The first-order chi connectivity index (χ1) is 15.1. The highest BCUT2D eigenvalue weighted by Gasteiger charge is 2.39. The maximum absolute atomic E-state index is 13.8. The molecule has 0 radical (unpaired) electrons. The van der Waals surface area contributed by atoms with Crippen molar-refractivity contribution < 1.29 is 23.1 Å². The molecule has 0 fully saturated rings. The van der Waals surface area contributed by atoms with Crippen LogP contribution in [0.4, 0.5) is 0 Å². The number of rotatable bonds is 6. The number of aryl methyl sites for hydroxylation is 1. The summed E-state index contributed by atoms with van der Waals surface area (Å²) in [6.07, 6.45) is 4.21. The van der Waals surface area contributed by atoms with E-state index in [9.17, 15) is 23.1 Å². The van der Waals surface area contributed by atoms with Crippen LogP contribution in [0.5, 0.6) is 0 Å².